The maximum absolute atomic E-state index is 2.38. The van der Waals surface area contributed by atoms with Crippen molar-refractivity contribution in [2.75, 3.05) is 0 Å². The molecule has 1 aliphatic carbocycles. The Labute approximate surface area is 221 Å². The molecule has 2 heterocycles. The van der Waals surface area contributed by atoms with E-state index in [-0.39, 0.29) is 6.04 Å². The lowest BCUT2D eigenvalue weighted by Gasteiger charge is -2.12. The number of fused-ring (bicyclic) bond motifs is 6. The number of pyridine rings is 1. The molecule has 178 valence electrons. The van der Waals surface area contributed by atoms with Crippen LogP contribution in [0.3, 0.4) is 0 Å². The van der Waals surface area contributed by atoms with Crippen molar-refractivity contribution in [3.8, 4) is 27.9 Å². The third kappa shape index (κ3) is 3.10. The van der Waals surface area contributed by atoms with Gasteiger partial charge in [0.15, 0.2) is 12.4 Å². The van der Waals surface area contributed by atoms with Crippen LogP contribution in [0.5, 0.6) is 0 Å². The van der Waals surface area contributed by atoms with Crippen LogP contribution < -0.4 is 4.57 Å². The smallest absolute Gasteiger partial charge is 0.210 e. The zero-order valence-electron chi connectivity index (χ0n) is 20.8. The summed E-state index contributed by atoms with van der Waals surface area (Å²) in [5.41, 5.74) is 11.4. The molecule has 0 fully saturated rings. The highest BCUT2D eigenvalue weighted by molar-refractivity contribution is 6.09. The van der Waals surface area contributed by atoms with Gasteiger partial charge >= 0.3 is 0 Å². The van der Waals surface area contributed by atoms with Crippen molar-refractivity contribution in [1.82, 2.24) is 4.57 Å². The molecule has 0 saturated heterocycles. The third-order valence-corrected chi connectivity index (χ3v) is 7.94. The SMILES string of the molecule is c1cc(-c2ccc[n+](C3c4ccccc4-c4ccccc43)c2)cc(-n2c3ccccc3c3ccccc32)c1. The van der Waals surface area contributed by atoms with Gasteiger partial charge in [-0.2, -0.15) is 4.57 Å². The summed E-state index contributed by atoms with van der Waals surface area (Å²) >= 11 is 0. The maximum atomic E-state index is 2.38. The summed E-state index contributed by atoms with van der Waals surface area (Å²) in [6.07, 6.45) is 4.50. The van der Waals surface area contributed by atoms with E-state index in [1.807, 2.05) is 0 Å². The molecule has 0 unspecified atom stereocenters. The van der Waals surface area contributed by atoms with E-state index in [1.165, 1.54) is 60.9 Å². The van der Waals surface area contributed by atoms with E-state index in [0.29, 0.717) is 0 Å². The van der Waals surface area contributed by atoms with Gasteiger partial charge in [-0.05, 0) is 47.0 Å². The van der Waals surface area contributed by atoms with Crippen molar-refractivity contribution < 1.29 is 4.57 Å². The van der Waals surface area contributed by atoms with E-state index < -0.39 is 0 Å². The average Bonchev–Trinajstić information content (AvgIpc) is 3.51. The molecule has 7 aromatic rings. The summed E-state index contributed by atoms with van der Waals surface area (Å²) in [5, 5.41) is 2.56. The van der Waals surface area contributed by atoms with Crippen LogP contribution in [0.4, 0.5) is 0 Å². The van der Waals surface area contributed by atoms with Gasteiger partial charge in [0.05, 0.1) is 11.0 Å². The van der Waals surface area contributed by atoms with Crippen molar-refractivity contribution in [3.05, 3.63) is 157 Å². The Bertz CT molecular complexity index is 1900. The number of aromatic nitrogens is 2. The van der Waals surface area contributed by atoms with Crippen LogP contribution in [0.15, 0.2) is 146 Å². The van der Waals surface area contributed by atoms with Gasteiger partial charge < -0.3 is 4.57 Å². The number of benzene rings is 5. The van der Waals surface area contributed by atoms with Crippen LogP contribution in [0.25, 0.3) is 49.7 Å². The Hall–Kier alpha value is -4.95. The summed E-state index contributed by atoms with van der Waals surface area (Å²) in [7, 11) is 0. The minimum absolute atomic E-state index is 0.169. The summed E-state index contributed by atoms with van der Waals surface area (Å²) in [6, 6.07) is 48.4. The van der Waals surface area contributed by atoms with E-state index >= 15 is 0 Å². The molecule has 0 saturated carbocycles. The minimum Gasteiger partial charge on any atom is -0.309 e. The van der Waals surface area contributed by atoms with Crippen LogP contribution in [-0.2, 0) is 0 Å². The highest BCUT2D eigenvalue weighted by Gasteiger charge is 2.34. The first-order chi connectivity index (χ1) is 18.9. The molecule has 1 aliphatic rings. The van der Waals surface area contributed by atoms with Gasteiger partial charge in [-0.25, -0.2) is 0 Å². The number of para-hydroxylation sites is 2. The molecule has 2 aromatic heterocycles. The Morgan fingerprint density at radius 3 is 1.76 bits per heavy atom. The summed E-state index contributed by atoms with van der Waals surface area (Å²) in [5.74, 6) is 0. The van der Waals surface area contributed by atoms with Gasteiger partial charge in [0.25, 0.3) is 0 Å². The fourth-order valence-corrected chi connectivity index (χ4v) is 6.30. The van der Waals surface area contributed by atoms with Gasteiger partial charge in [0.1, 0.15) is 0 Å². The van der Waals surface area contributed by atoms with Gasteiger partial charge in [-0.3, -0.25) is 0 Å². The predicted octanol–water partition coefficient (Wildman–Crippen LogP) is 8.36. The molecule has 0 atom stereocenters. The van der Waals surface area contributed by atoms with E-state index in [1.54, 1.807) is 0 Å². The van der Waals surface area contributed by atoms with E-state index in [2.05, 4.69) is 155 Å². The van der Waals surface area contributed by atoms with Crippen LogP contribution in [0.1, 0.15) is 17.2 Å². The normalized spacial score (nSPS) is 12.6. The topological polar surface area (TPSA) is 8.81 Å². The van der Waals surface area contributed by atoms with Crippen molar-refractivity contribution in [2.24, 2.45) is 0 Å². The van der Waals surface area contributed by atoms with Crippen LogP contribution in [0.2, 0.25) is 0 Å². The monoisotopic (exact) mass is 485 g/mol. The van der Waals surface area contributed by atoms with Gasteiger partial charge in [0.2, 0.25) is 6.04 Å². The van der Waals surface area contributed by atoms with Crippen molar-refractivity contribution >= 4 is 21.8 Å². The van der Waals surface area contributed by atoms with Gasteiger partial charge in [0, 0.05) is 39.2 Å². The zero-order valence-corrected chi connectivity index (χ0v) is 20.8. The van der Waals surface area contributed by atoms with Crippen LogP contribution in [0, 0.1) is 0 Å². The first kappa shape index (κ1) is 21.2. The first-order valence-corrected chi connectivity index (χ1v) is 13.1. The zero-order chi connectivity index (χ0) is 25.1. The Kier molecular flexibility index (Phi) is 4.62. The minimum atomic E-state index is 0.169. The molecule has 2 nitrogen and oxygen atoms in total. The molecule has 0 aliphatic heterocycles. The molecule has 38 heavy (non-hydrogen) atoms. The first-order valence-electron chi connectivity index (χ1n) is 13.1. The molecule has 0 amide bonds. The van der Waals surface area contributed by atoms with Gasteiger partial charge in [-0.1, -0.05) is 97.1 Å². The lowest BCUT2D eigenvalue weighted by atomic mass is 10.0. The molecule has 0 N–H and O–H groups in total. The Morgan fingerprint density at radius 1 is 0.500 bits per heavy atom. The molecule has 0 radical (unpaired) electrons. The largest absolute Gasteiger partial charge is 0.309 e. The average molecular weight is 486 g/mol. The van der Waals surface area contributed by atoms with E-state index in [9.17, 15) is 0 Å². The molecule has 0 bridgehead atoms. The number of hydrogen-bond acceptors (Lipinski definition) is 0. The third-order valence-electron chi connectivity index (χ3n) is 7.94. The fourth-order valence-electron chi connectivity index (χ4n) is 6.30. The highest BCUT2D eigenvalue weighted by Crippen LogP contribution is 2.43. The summed E-state index contributed by atoms with van der Waals surface area (Å²) in [4.78, 5) is 0. The number of rotatable bonds is 3. The quantitative estimate of drug-likeness (QED) is 0.222. The van der Waals surface area contributed by atoms with Gasteiger partial charge in [-0.15, -0.1) is 0 Å². The molecule has 5 aromatic carbocycles. The van der Waals surface area contributed by atoms with Crippen molar-refractivity contribution in [2.45, 2.75) is 6.04 Å². The predicted molar refractivity (Wildman–Crippen MR) is 156 cm³/mol. The molecule has 2 heteroatoms. The lowest BCUT2D eigenvalue weighted by Crippen LogP contribution is -2.39. The molecule has 8 rings (SSSR count). The lowest BCUT2D eigenvalue weighted by molar-refractivity contribution is -0.703. The number of hydrogen-bond donors (Lipinski definition) is 0. The molecule has 0 spiro atoms. The van der Waals surface area contributed by atoms with Crippen molar-refractivity contribution in [1.29, 1.82) is 0 Å². The van der Waals surface area contributed by atoms with E-state index in [4.69, 9.17) is 0 Å². The van der Waals surface area contributed by atoms with E-state index in [0.717, 1.165) is 0 Å². The second-order valence-electron chi connectivity index (χ2n) is 10.0. The molecular weight excluding hydrogens is 460 g/mol. The number of nitrogens with zero attached hydrogens (tertiary/aromatic N) is 2. The second kappa shape index (κ2) is 8.29. The van der Waals surface area contributed by atoms with Crippen molar-refractivity contribution in [3.63, 3.8) is 0 Å². The van der Waals surface area contributed by atoms with Crippen LogP contribution in [-0.4, -0.2) is 4.57 Å². The highest BCUT2D eigenvalue weighted by atomic mass is 15.0. The fraction of sp³-hybridized carbons (Fsp3) is 0.0278. The Morgan fingerprint density at radius 2 is 1.08 bits per heavy atom. The summed E-state index contributed by atoms with van der Waals surface area (Å²) in [6.45, 7) is 0. The maximum Gasteiger partial charge on any atom is 0.210 e. The Balaban J connectivity index is 1.27. The van der Waals surface area contributed by atoms with Crippen LogP contribution >= 0.6 is 0 Å². The summed E-state index contributed by atoms with van der Waals surface area (Å²) < 4.78 is 4.75. The second-order valence-corrected chi connectivity index (χ2v) is 10.0. The molecular formula is C36H25N2+. The standard InChI is InChI=1S/C36H25N2/c1-3-18-32-28(14-1)29-15-2-4-19-33(29)36(32)37-22-10-12-26(24-37)25-11-9-13-27(23-25)38-34-20-7-5-16-30(34)31-17-6-8-21-35(31)38/h1-24,36H/q+1.